The van der Waals surface area contributed by atoms with Crippen LogP contribution in [0.3, 0.4) is 0 Å². The first kappa shape index (κ1) is 19.4. The minimum atomic E-state index is -0.619. The number of aromatic nitrogens is 1. The zero-order valence-electron chi connectivity index (χ0n) is 15.8. The Hall–Kier alpha value is -2.89. The highest BCUT2D eigenvalue weighted by atomic mass is 16.5. The zero-order chi connectivity index (χ0) is 19.5. The van der Waals surface area contributed by atoms with Crippen LogP contribution in [0, 0.1) is 6.92 Å². The van der Waals surface area contributed by atoms with Crippen molar-refractivity contribution in [2.45, 2.75) is 39.5 Å². The molecule has 0 bridgehead atoms. The third kappa shape index (κ3) is 4.39. The number of anilines is 1. The largest absolute Gasteiger partial charge is 0.496 e. The van der Waals surface area contributed by atoms with Crippen LogP contribution >= 0.6 is 0 Å². The van der Waals surface area contributed by atoms with Gasteiger partial charge in [-0.05, 0) is 24.5 Å². The van der Waals surface area contributed by atoms with E-state index in [4.69, 9.17) is 10.5 Å². The van der Waals surface area contributed by atoms with Crippen LogP contribution in [0.5, 0.6) is 5.75 Å². The fourth-order valence-corrected chi connectivity index (χ4v) is 2.92. The molecule has 26 heavy (non-hydrogen) atoms. The number of hydrogen-bond donors (Lipinski definition) is 2. The Labute approximate surface area is 153 Å². The van der Waals surface area contributed by atoms with E-state index in [-0.39, 0.29) is 18.0 Å². The van der Waals surface area contributed by atoms with Crippen molar-refractivity contribution in [3.63, 3.8) is 0 Å². The van der Waals surface area contributed by atoms with Crippen LogP contribution < -0.4 is 15.8 Å². The molecule has 138 valence electrons. The smallest absolute Gasteiger partial charge is 0.267 e. The molecule has 2 amide bonds. The SMILES string of the molecule is COc1ccc(C)cc1CC(=O)Nc1ccnc(C(N)=O)c1C(C)(C)C. The average Bonchev–Trinajstić information content (AvgIpc) is 2.53. The minimum absolute atomic E-state index is 0.155. The first-order chi connectivity index (χ1) is 12.1. The summed E-state index contributed by atoms with van der Waals surface area (Å²) in [6, 6.07) is 7.37. The lowest BCUT2D eigenvalue weighted by Crippen LogP contribution is -2.26. The lowest BCUT2D eigenvalue weighted by atomic mass is 9.84. The van der Waals surface area contributed by atoms with Gasteiger partial charge in [0.15, 0.2) is 0 Å². The van der Waals surface area contributed by atoms with Gasteiger partial charge in [-0.15, -0.1) is 0 Å². The number of nitrogens with zero attached hydrogens (tertiary/aromatic N) is 1. The quantitative estimate of drug-likeness (QED) is 0.862. The molecule has 0 atom stereocenters. The fraction of sp³-hybridized carbons (Fsp3) is 0.350. The summed E-state index contributed by atoms with van der Waals surface area (Å²) >= 11 is 0. The van der Waals surface area contributed by atoms with Crippen molar-refractivity contribution in [1.29, 1.82) is 0 Å². The summed E-state index contributed by atoms with van der Waals surface area (Å²) in [7, 11) is 1.58. The number of benzene rings is 1. The molecular weight excluding hydrogens is 330 g/mol. The van der Waals surface area contributed by atoms with E-state index < -0.39 is 11.3 Å². The summed E-state index contributed by atoms with van der Waals surface area (Å²) in [6.07, 6.45) is 1.63. The van der Waals surface area contributed by atoms with Crippen LogP contribution in [-0.4, -0.2) is 23.9 Å². The molecule has 0 saturated heterocycles. The maximum atomic E-state index is 12.6. The number of carbonyl (C=O) groups excluding carboxylic acids is 2. The van der Waals surface area contributed by atoms with E-state index >= 15 is 0 Å². The van der Waals surface area contributed by atoms with Crippen molar-refractivity contribution in [3.8, 4) is 5.75 Å². The topological polar surface area (TPSA) is 94.3 Å². The summed E-state index contributed by atoms with van der Waals surface area (Å²) in [4.78, 5) is 28.5. The summed E-state index contributed by atoms with van der Waals surface area (Å²) in [5.74, 6) is -0.165. The van der Waals surface area contributed by atoms with Crippen molar-refractivity contribution < 1.29 is 14.3 Å². The van der Waals surface area contributed by atoms with Gasteiger partial charge in [-0.2, -0.15) is 0 Å². The van der Waals surface area contributed by atoms with Gasteiger partial charge in [-0.25, -0.2) is 0 Å². The number of pyridine rings is 1. The van der Waals surface area contributed by atoms with Gasteiger partial charge in [-0.1, -0.05) is 38.5 Å². The Kier molecular flexibility index (Phi) is 5.65. The summed E-state index contributed by atoms with van der Waals surface area (Å²) < 4.78 is 5.33. The Morgan fingerprint density at radius 3 is 2.50 bits per heavy atom. The number of nitrogens with two attached hydrogens (primary N) is 1. The average molecular weight is 355 g/mol. The van der Waals surface area contributed by atoms with E-state index in [9.17, 15) is 9.59 Å². The third-order valence-corrected chi connectivity index (χ3v) is 4.00. The molecular formula is C20H25N3O3. The summed E-state index contributed by atoms with van der Waals surface area (Å²) in [5.41, 5.74) is 8.22. The molecule has 0 unspecified atom stereocenters. The molecule has 1 heterocycles. The fourth-order valence-electron chi connectivity index (χ4n) is 2.92. The molecule has 3 N–H and O–H groups in total. The van der Waals surface area contributed by atoms with Gasteiger partial charge in [-0.3, -0.25) is 14.6 Å². The predicted octanol–water partition coefficient (Wildman–Crippen LogP) is 2.98. The molecule has 0 spiro atoms. The van der Waals surface area contributed by atoms with Gasteiger partial charge in [0.25, 0.3) is 5.91 Å². The van der Waals surface area contributed by atoms with Crippen LogP contribution in [0.25, 0.3) is 0 Å². The molecule has 2 aromatic rings. The van der Waals surface area contributed by atoms with Crippen molar-refractivity contribution in [3.05, 3.63) is 52.8 Å². The number of primary amides is 1. The first-order valence-electron chi connectivity index (χ1n) is 8.36. The van der Waals surface area contributed by atoms with Crippen molar-refractivity contribution in [1.82, 2.24) is 4.98 Å². The van der Waals surface area contributed by atoms with E-state index in [1.165, 1.54) is 6.20 Å². The summed E-state index contributed by atoms with van der Waals surface area (Å²) in [5, 5.41) is 2.89. The van der Waals surface area contributed by atoms with Gasteiger partial charge in [0.1, 0.15) is 11.4 Å². The lowest BCUT2D eigenvalue weighted by Gasteiger charge is -2.24. The van der Waals surface area contributed by atoms with Crippen LogP contribution in [0.1, 0.15) is 48.0 Å². The normalized spacial score (nSPS) is 11.1. The van der Waals surface area contributed by atoms with Crippen molar-refractivity contribution in [2.75, 3.05) is 12.4 Å². The second-order valence-corrected chi connectivity index (χ2v) is 7.24. The van der Waals surface area contributed by atoms with Gasteiger partial charge >= 0.3 is 0 Å². The number of hydrogen-bond acceptors (Lipinski definition) is 4. The number of ether oxygens (including phenoxy) is 1. The maximum Gasteiger partial charge on any atom is 0.267 e. The monoisotopic (exact) mass is 355 g/mol. The van der Waals surface area contributed by atoms with E-state index in [0.29, 0.717) is 17.0 Å². The minimum Gasteiger partial charge on any atom is -0.496 e. The molecule has 0 saturated carbocycles. The molecule has 1 aromatic carbocycles. The lowest BCUT2D eigenvalue weighted by molar-refractivity contribution is -0.115. The molecule has 2 rings (SSSR count). The summed E-state index contributed by atoms with van der Waals surface area (Å²) in [6.45, 7) is 7.78. The molecule has 0 radical (unpaired) electrons. The standard InChI is InChI=1S/C20H25N3O3/c1-12-6-7-15(26-5)13(10-12)11-16(24)23-14-8-9-22-18(19(21)25)17(14)20(2,3)4/h6-10H,11H2,1-5H3,(H2,21,25)(H,22,23,24). The van der Waals surface area contributed by atoms with Crippen LogP contribution in [0.2, 0.25) is 0 Å². The first-order valence-corrected chi connectivity index (χ1v) is 8.36. The van der Waals surface area contributed by atoms with E-state index in [1.54, 1.807) is 13.2 Å². The van der Waals surface area contributed by atoms with Gasteiger partial charge < -0.3 is 15.8 Å². The third-order valence-electron chi connectivity index (χ3n) is 4.00. The molecule has 6 heteroatoms. The highest BCUT2D eigenvalue weighted by Gasteiger charge is 2.26. The number of aryl methyl sites for hydroxylation is 1. The second kappa shape index (κ2) is 7.56. The van der Waals surface area contributed by atoms with Gasteiger partial charge in [0.05, 0.1) is 13.5 Å². The number of rotatable bonds is 5. The maximum absolute atomic E-state index is 12.6. The molecule has 0 aliphatic carbocycles. The Morgan fingerprint density at radius 2 is 1.92 bits per heavy atom. The number of amides is 2. The second-order valence-electron chi connectivity index (χ2n) is 7.24. The van der Waals surface area contributed by atoms with Crippen LogP contribution in [0.15, 0.2) is 30.5 Å². The molecule has 0 aliphatic heterocycles. The molecule has 0 aliphatic rings. The Bertz CT molecular complexity index is 839. The Morgan fingerprint density at radius 1 is 1.23 bits per heavy atom. The number of carbonyl (C=O) groups is 2. The molecule has 6 nitrogen and oxygen atoms in total. The Balaban J connectivity index is 2.34. The van der Waals surface area contributed by atoms with Gasteiger partial charge in [0, 0.05) is 23.0 Å². The van der Waals surface area contributed by atoms with E-state index in [0.717, 1.165) is 11.1 Å². The van der Waals surface area contributed by atoms with Gasteiger partial charge in [0.2, 0.25) is 5.91 Å². The van der Waals surface area contributed by atoms with Crippen LogP contribution in [-0.2, 0) is 16.6 Å². The highest BCUT2D eigenvalue weighted by Crippen LogP contribution is 2.32. The van der Waals surface area contributed by atoms with Crippen molar-refractivity contribution in [2.24, 2.45) is 5.73 Å². The molecule has 0 fully saturated rings. The number of nitrogens with one attached hydrogen (secondary N) is 1. The van der Waals surface area contributed by atoms with E-state index in [2.05, 4.69) is 10.3 Å². The van der Waals surface area contributed by atoms with Crippen LogP contribution in [0.4, 0.5) is 5.69 Å². The predicted molar refractivity (Wildman–Crippen MR) is 102 cm³/mol. The van der Waals surface area contributed by atoms with Crippen molar-refractivity contribution >= 4 is 17.5 Å². The van der Waals surface area contributed by atoms with E-state index in [1.807, 2.05) is 45.9 Å². The number of methoxy groups -OCH3 is 1. The molecule has 1 aromatic heterocycles. The highest BCUT2D eigenvalue weighted by molar-refractivity contribution is 5.98. The zero-order valence-corrected chi connectivity index (χ0v) is 15.8.